The van der Waals surface area contributed by atoms with Crippen molar-refractivity contribution in [2.45, 2.75) is 43.9 Å². The molecule has 8 heteroatoms. The molecule has 2 fully saturated rings. The van der Waals surface area contributed by atoms with Crippen molar-refractivity contribution >= 4 is 17.4 Å². The Kier molecular flexibility index (Phi) is 4.76. The van der Waals surface area contributed by atoms with Crippen molar-refractivity contribution in [3.63, 3.8) is 0 Å². The van der Waals surface area contributed by atoms with Gasteiger partial charge in [-0.2, -0.15) is 13.2 Å². The summed E-state index contributed by atoms with van der Waals surface area (Å²) < 4.78 is 50.4. The smallest absolute Gasteiger partial charge is 0.465 e. The van der Waals surface area contributed by atoms with E-state index >= 15 is 0 Å². The minimum Gasteiger partial charge on any atom is -0.465 e. The molecule has 2 aromatic rings. The first kappa shape index (κ1) is 20.6. The second-order valence-electron chi connectivity index (χ2n) is 8.25. The number of hydrogen-bond acceptors (Lipinski definition) is 4. The Morgan fingerprint density at radius 1 is 1.00 bits per heavy atom. The molecule has 0 saturated carbocycles. The molecule has 0 aromatic heterocycles. The highest BCUT2D eigenvalue weighted by atomic mass is 19.4. The summed E-state index contributed by atoms with van der Waals surface area (Å²) in [5, 5.41) is 0. The average molecular weight is 443 g/mol. The molecule has 3 aliphatic rings. The summed E-state index contributed by atoms with van der Waals surface area (Å²) in [6.07, 6.45) is -3.10. The second kappa shape index (κ2) is 7.39. The first-order valence-electron chi connectivity index (χ1n) is 10.4. The second-order valence-corrected chi connectivity index (χ2v) is 8.25. The third-order valence-electron chi connectivity index (χ3n) is 6.47. The maximum atomic E-state index is 13.1. The third kappa shape index (κ3) is 3.16. The zero-order chi connectivity index (χ0) is 22.6. The van der Waals surface area contributed by atoms with Gasteiger partial charge in [-0.25, -0.2) is 4.79 Å². The van der Waals surface area contributed by atoms with Gasteiger partial charge >= 0.3 is 18.1 Å². The number of hydrogen-bond donors (Lipinski definition) is 0. The van der Waals surface area contributed by atoms with Crippen molar-refractivity contribution in [1.82, 2.24) is 4.90 Å². The molecule has 2 atom stereocenters. The number of carbonyl (C=O) groups excluding carboxylic acids is 2. The van der Waals surface area contributed by atoms with E-state index in [0.29, 0.717) is 42.7 Å². The zero-order valence-corrected chi connectivity index (χ0v) is 17.2. The minimum atomic E-state index is -4.88. The largest absolute Gasteiger partial charge is 0.471 e. The summed E-state index contributed by atoms with van der Waals surface area (Å²) in [6.45, 7) is 0. The van der Waals surface area contributed by atoms with Crippen molar-refractivity contribution in [3.8, 4) is 11.5 Å². The first-order chi connectivity index (χ1) is 15.3. The number of piperidine rings is 1. The van der Waals surface area contributed by atoms with Gasteiger partial charge in [-0.3, -0.25) is 4.79 Å². The maximum Gasteiger partial charge on any atom is 0.471 e. The topological polar surface area (TPSA) is 55.8 Å². The van der Waals surface area contributed by atoms with Gasteiger partial charge in [0.1, 0.15) is 17.1 Å². The van der Waals surface area contributed by atoms with Gasteiger partial charge in [-0.1, -0.05) is 35.9 Å². The van der Waals surface area contributed by atoms with Crippen molar-refractivity contribution in [1.29, 1.82) is 0 Å². The van der Waals surface area contributed by atoms with Gasteiger partial charge in [0.2, 0.25) is 0 Å². The number of ether oxygens (including phenoxy) is 2. The zero-order valence-electron chi connectivity index (χ0n) is 17.2. The number of alkyl halides is 3. The van der Waals surface area contributed by atoms with Crippen LogP contribution in [-0.4, -0.2) is 42.1 Å². The van der Waals surface area contributed by atoms with Crippen LogP contribution < -0.4 is 4.74 Å². The van der Waals surface area contributed by atoms with Gasteiger partial charge in [-0.05, 0) is 43.4 Å². The third-order valence-corrected chi connectivity index (χ3v) is 6.47. The van der Waals surface area contributed by atoms with E-state index in [2.05, 4.69) is 0 Å². The molecule has 0 spiro atoms. The molecule has 2 bridgehead atoms. The molecule has 1 amide bonds. The number of carbonyl (C=O) groups is 2. The van der Waals surface area contributed by atoms with E-state index in [0.717, 1.165) is 21.6 Å². The summed E-state index contributed by atoms with van der Waals surface area (Å²) in [5.74, 6) is -1.34. The van der Waals surface area contributed by atoms with Crippen LogP contribution >= 0.6 is 0 Å². The molecule has 0 aliphatic carbocycles. The number of nitrogens with zero attached hydrogens (tertiary/aromatic N) is 1. The number of methoxy groups -OCH3 is 1. The molecule has 5 nitrogen and oxygen atoms in total. The molecular formula is C24H20F3NO4. The average Bonchev–Trinajstić information content (AvgIpc) is 3.04. The SMILES string of the molecule is COC(=O)c1cccc2c1Oc1ccccc1C2=C1CC2CCC(C1)N2C(=O)C(F)(F)F. The number of benzene rings is 2. The quantitative estimate of drug-likeness (QED) is 0.492. The van der Waals surface area contributed by atoms with Gasteiger partial charge in [0, 0.05) is 23.2 Å². The van der Waals surface area contributed by atoms with E-state index in [1.807, 2.05) is 24.3 Å². The van der Waals surface area contributed by atoms with Gasteiger partial charge in [0.15, 0.2) is 0 Å². The molecule has 2 saturated heterocycles. The first-order valence-corrected chi connectivity index (χ1v) is 10.4. The summed E-state index contributed by atoms with van der Waals surface area (Å²) in [7, 11) is 1.29. The Morgan fingerprint density at radius 2 is 1.66 bits per heavy atom. The summed E-state index contributed by atoms with van der Waals surface area (Å²) in [6, 6.07) is 11.6. The maximum absolute atomic E-state index is 13.1. The van der Waals surface area contributed by atoms with Crippen LogP contribution in [0.3, 0.4) is 0 Å². The number of para-hydroxylation sites is 2. The van der Waals surface area contributed by atoms with Crippen LogP contribution in [0.1, 0.15) is 47.2 Å². The fraction of sp³-hybridized carbons (Fsp3) is 0.333. The fourth-order valence-electron chi connectivity index (χ4n) is 5.21. The van der Waals surface area contributed by atoms with Crippen LogP contribution in [0.15, 0.2) is 48.0 Å². The Bertz CT molecular complexity index is 1140. The Balaban J connectivity index is 1.64. The van der Waals surface area contributed by atoms with Gasteiger partial charge < -0.3 is 14.4 Å². The van der Waals surface area contributed by atoms with Crippen LogP contribution in [0.4, 0.5) is 13.2 Å². The minimum absolute atomic E-state index is 0.283. The molecule has 0 N–H and O–H groups in total. The highest BCUT2D eigenvalue weighted by Crippen LogP contribution is 2.50. The molecule has 0 radical (unpaired) electrons. The molecule has 2 aromatic carbocycles. The Labute approximate surface area is 182 Å². The van der Waals surface area contributed by atoms with E-state index in [9.17, 15) is 22.8 Å². The summed E-state index contributed by atoms with van der Waals surface area (Å²) >= 11 is 0. The summed E-state index contributed by atoms with van der Waals surface area (Å²) in [4.78, 5) is 25.4. The number of halogens is 3. The van der Waals surface area contributed by atoms with Crippen molar-refractivity contribution in [2.75, 3.05) is 7.11 Å². The fourth-order valence-corrected chi connectivity index (χ4v) is 5.21. The van der Waals surface area contributed by atoms with E-state index in [1.54, 1.807) is 18.2 Å². The molecule has 166 valence electrons. The number of rotatable bonds is 1. The normalized spacial score (nSPS) is 21.6. The summed E-state index contributed by atoms with van der Waals surface area (Å²) in [5.41, 5.74) is 3.65. The van der Waals surface area contributed by atoms with Crippen molar-refractivity contribution in [2.24, 2.45) is 0 Å². The van der Waals surface area contributed by atoms with Crippen LogP contribution in [-0.2, 0) is 9.53 Å². The lowest BCUT2D eigenvalue weighted by molar-refractivity contribution is -0.189. The van der Waals surface area contributed by atoms with Gasteiger partial charge in [-0.15, -0.1) is 0 Å². The number of amides is 1. The van der Waals surface area contributed by atoms with E-state index in [4.69, 9.17) is 9.47 Å². The Hall–Kier alpha value is -3.29. The highest BCUT2D eigenvalue weighted by molar-refractivity contribution is 5.99. The van der Waals surface area contributed by atoms with Crippen LogP contribution in [0.2, 0.25) is 0 Å². The molecule has 32 heavy (non-hydrogen) atoms. The number of esters is 1. The standard InChI is InChI=1S/C24H20F3NO4/c1-31-22(29)18-7-4-6-17-20(16-5-2-3-8-19(16)32-21(17)18)13-11-14-9-10-15(12-13)28(14)23(30)24(25,26)27/h2-8,14-15H,9-12H2,1H3. The molecule has 2 unspecified atom stereocenters. The van der Waals surface area contributed by atoms with E-state index in [1.165, 1.54) is 7.11 Å². The van der Waals surface area contributed by atoms with Crippen LogP contribution in [0.25, 0.3) is 5.57 Å². The van der Waals surface area contributed by atoms with Gasteiger partial charge in [0.25, 0.3) is 0 Å². The lowest BCUT2D eigenvalue weighted by Gasteiger charge is -2.38. The molecule has 5 rings (SSSR count). The van der Waals surface area contributed by atoms with E-state index in [-0.39, 0.29) is 5.56 Å². The highest BCUT2D eigenvalue weighted by Gasteiger charge is 2.51. The van der Waals surface area contributed by atoms with Crippen molar-refractivity contribution < 1.29 is 32.2 Å². The Morgan fingerprint density at radius 3 is 2.31 bits per heavy atom. The molecule has 3 aliphatic heterocycles. The molecule has 3 heterocycles. The monoisotopic (exact) mass is 443 g/mol. The van der Waals surface area contributed by atoms with Crippen LogP contribution in [0.5, 0.6) is 11.5 Å². The van der Waals surface area contributed by atoms with E-state index < -0.39 is 30.1 Å². The predicted molar refractivity (Wildman–Crippen MR) is 109 cm³/mol. The van der Waals surface area contributed by atoms with Crippen LogP contribution in [0, 0.1) is 0 Å². The van der Waals surface area contributed by atoms with Crippen molar-refractivity contribution in [3.05, 3.63) is 64.7 Å². The number of fused-ring (bicyclic) bond motifs is 4. The lowest BCUT2D eigenvalue weighted by Crippen LogP contribution is -2.50. The predicted octanol–water partition coefficient (Wildman–Crippen LogP) is 5.10. The molecular weight excluding hydrogens is 423 g/mol. The lowest BCUT2D eigenvalue weighted by atomic mass is 9.83. The van der Waals surface area contributed by atoms with Gasteiger partial charge in [0.05, 0.1) is 7.11 Å².